The van der Waals surface area contributed by atoms with E-state index in [9.17, 15) is 22.8 Å². The summed E-state index contributed by atoms with van der Waals surface area (Å²) in [5.41, 5.74) is -0.112. The molecule has 0 aromatic heterocycles. The average molecular weight is 355 g/mol. The second-order valence-electron chi connectivity index (χ2n) is 6.47. The smallest absolute Gasteiger partial charge is 0.374 e. The summed E-state index contributed by atoms with van der Waals surface area (Å²) in [6.45, 7) is 1.41. The van der Waals surface area contributed by atoms with Crippen LogP contribution in [-0.4, -0.2) is 30.9 Å². The van der Waals surface area contributed by atoms with E-state index < -0.39 is 23.7 Å². The highest BCUT2D eigenvalue weighted by atomic mass is 19.4. The highest BCUT2D eigenvalue weighted by molar-refractivity contribution is 6.01. The number of hydrogen-bond acceptors (Lipinski definition) is 4. The molecule has 2 aliphatic heterocycles. The van der Waals surface area contributed by atoms with Crippen LogP contribution in [-0.2, 0) is 15.8 Å². The van der Waals surface area contributed by atoms with Crippen LogP contribution in [0.25, 0.3) is 0 Å². The molecule has 0 spiro atoms. The minimum absolute atomic E-state index is 0.123. The molecule has 0 saturated carbocycles. The Morgan fingerprint density at radius 1 is 1.08 bits per heavy atom. The van der Waals surface area contributed by atoms with E-state index in [1.807, 2.05) is 0 Å². The van der Waals surface area contributed by atoms with Crippen molar-refractivity contribution in [3.05, 3.63) is 29.3 Å². The minimum Gasteiger partial charge on any atom is -0.374 e. The molecule has 136 valence electrons. The number of anilines is 1. The van der Waals surface area contributed by atoms with E-state index in [0.717, 1.165) is 6.07 Å². The number of benzene rings is 1. The largest absolute Gasteiger partial charge is 0.416 e. The quantitative estimate of drug-likeness (QED) is 0.728. The minimum atomic E-state index is -4.46. The molecule has 1 aromatic carbocycles. The molecule has 0 bridgehead atoms. The first-order valence-electron chi connectivity index (χ1n) is 8.36. The zero-order valence-electron chi connectivity index (χ0n) is 13.6. The van der Waals surface area contributed by atoms with Crippen molar-refractivity contribution in [2.75, 3.05) is 18.4 Å². The van der Waals surface area contributed by atoms with Gasteiger partial charge < -0.3 is 10.6 Å². The number of alkyl halides is 3. The van der Waals surface area contributed by atoms with Crippen LogP contribution in [0.3, 0.4) is 0 Å². The van der Waals surface area contributed by atoms with Gasteiger partial charge in [0.2, 0.25) is 11.8 Å². The summed E-state index contributed by atoms with van der Waals surface area (Å²) in [6.07, 6.45) is -2.68. The second-order valence-corrected chi connectivity index (χ2v) is 6.47. The SMILES string of the molecule is O=C1CCC(Nc2ccc(C3CCNCC3)c(C(F)(F)F)c2)C(=O)N1. The Labute approximate surface area is 143 Å². The number of hydrogen-bond donors (Lipinski definition) is 3. The van der Waals surface area contributed by atoms with Gasteiger partial charge >= 0.3 is 6.18 Å². The number of piperidine rings is 2. The molecule has 2 saturated heterocycles. The fraction of sp³-hybridized carbons (Fsp3) is 0.529. The third kappa shape index (κ3) is 4.12. The van der Waals surface area contributed by atoms with Crippen molar-refractivity contribution < 1.29 is 22.8 Å². The molecule has 1 aromatic rings. The number of carbonyl (C=O) groups excluding carboxylic acids is 2. The summed E-state index contributed by atoms with van der Waals surface area (Å²) in [5, 5.41) is 8.16. The van der Waals surface area contributed by atoms with Gasteiger partial charge in [0.25, 0.3) is 0 Å². The standard InChI is InChI=1S/C17H20F3N3O2/c18-17(19,20)13-9-11(22-14-3-4-15(24)23-16(14)25)1-2-12(13)10-5-7-21-8-6-10/h1-2,9-10,14,21-22H,3-8H2,(H,23,24,25). The highest BCUT2D eigenvalue weighted by Gasteiger charge is 2.36. The van der Waals surface area contributed by atoms with Crippen LogP contribution in [0.15, 0.2) is 18.2 Å². The van der Waals surface area contributed by atoms with Crippen molar-refractivity contribution in [1.29, 1.82) is 0 Å². The number of carbonyl (C=O) groups is 2. The maximum atomic E-state index is 13.5. The van der Waals surface area contributed by atoms with E-state index in [4.69, 9.17) is 0 Å². The molecular formula is C17H20F3N3O2. The molecule has 0 aliphatic carbocycles. The van der Waals surface area contributed by atoms with Gasteiger partial charge in [-0.2, -0.15) is 13.2 Å². The lowest BCUT2D eigenvalue weighted by atomic mass is 9.86. The van der Waals surface area contributed by atoms with Gasteiger partial charge in [-0.3, -0.25) is 14.9 Å². The second kappa shape index (κ2) is 7.03. The third-order valence-corrected chi connectivity index (χ3v) is 4.72. The number of imide groups is 1. The Morgan fingerprint density at radius 2 is 1.80 bits per heavy atom. The molecule has 5 nitrogen and oxygen atoms in total. The van der Waals surface area contributed by atoms with E-state index in [0.29, 0.717) is 31.5 Å². The Balaban J connectivity index is 1.84. The van der Waals surface area contributed by atoms with Crippen molar-refractivity contribution in [3.8, 4) is 0 Å². The van der Waals surface area contributed by atoms with Gasteiger partial charge in [0.15, 0.2) is 0 Å². The highest BCUT2D eigenvalue weighted by Crippen LogP contribution is 2.39. The van der Waals surface area contributed by atoms with Crippen molar-refractivity contribution in [1.82, 2.24) is 10.6 Å². The van der Waals surface area contributed by atoms with Crippen molar-refractivity contribution in [3.63, 3.8) is 0 Å². The van der Waals surface area contributed by atoms with Crippen LogP contribution in [0, 0.1) is 0 Å². The summed E-state index contributed by atoms with van der Waals surface area (Å²) in [7, 11) is 0. The molecule has 3 N–H and O–H groups in total. The monoisotopic (exact) mass is 355 g/mol. The summed E-state index contributed by atoms with van der Waals surface area (Å²) >= 11 is 0. The van der Waals surface area contributed by atoms with E-state index in [2.05, 4.69) is 16.0 Å². The maximum Gasteiger partial charge on any atom is 0.416 e. The summed E-state index contributed by atoms with van der Waals surface area (Å²) in [4.78, 5) is 22.9. The summed E-state index contributed by atoms with van der Waals surface area (Å²) < 4.78 is 40.6. The number of rotatable bonds is 3. The molecular weight excluding hydrogens is 335 g/mol. The number of nitrogens with one attached hydrogen (secondary N) is 3. The van der Waals surface area contributed by atoms with E-state index in [-0.39, 0.29) is 30.4 Å². The van der Waals surface area contributed by atoms with Crippen LogP contribution in [0.1, 0.15) is 42.7 Å². The Kier molecular flexibility index (Phi) is 4.99. The summed E-state index contributed by atoms with van der Waals surface area (Å²) in [6, 6.07) is 3.45. The average Bonchev–Trinajstić information content (AvgIpc) is 2.57. The topological polar surface area (TPSA) is 70.2 Å². The van der Waals surface area contributed by atoms with E-state index in [1.54, 1.807) is 6.07 Å². The first kappa shape index (κ1) is 17.7. The molecule has 25 heavy (non-hydrogen) atoms. The van der Waals surface area contributed by atoms with Crippen molar-refractivity contribution in [2.24, 2.45) is 0 Å². The van der Waals surface area contributed by atoms with Gasteiger partial charge in [-0.05, 0) is 56.0 Å². The van der Waals surface area contributed by atoms with Crippen LogP contribution in [0.2, 0.25) is 0 Å². The number of amides is 2. The Morgan fingerprint density at radius 3 is 2.44 bits per heavy atom. The summed E-state index contributed by atoms with van der Waals surface area (Å²) in [5.74, 6) is -0.991. The van der Waals surface area contributed by atoms with Gasteiger partial charge in [-0.25, -0.2) is 0 Å². The van der Waals surface area contributed by atoms with Gasteiger partial charge in [0.1, 0.15) is 6.04 Å². The van der Waals surface area contributed by atoms with Gasteiger partial charge in [-0.15, -0.1) is 0 Å². The van der Waals surface area contributed by atoms with E-state index in [1.165, 1.54) is 6.07 Å². The predicted octanol–water partition coefficient (Wildman–Crippen LogP) is 2.39. The molecule has 2 heterocycles. The molecule has 2 fully saturated rings. The van der Waals surface area contributed by atoms with Crippen LogP contribution >= 0.6 is 0 Å². The Bertz CT molecular complexity index is 670. The van der Waals surface area contributed by atoms with Crippen LogP contribution in [0.4, 0.5) is 18.9 Å². The normalized spacial score (nSPS) is 22.6. The molecule has 0 radical (unpaired) electrons. The van der Waals surface area contributed by atoms with Crippen LogP contribution in [0.5, 0.6) is 0 Å². The molecule has 1 atom stereocenters. The fourth-order valence-electron chi connectivity index (χ4n) is 3.41. The first-order chi connectivity index (χ1) is 11.8. The predicted molar refractivity (Wildman–Crippen MR) is 86.1 cm³/mol. The van der Waals surface area contributed by atoms with Crippen molar-refractivity contribution in [2.45, 2.75) is 43.8 Å². The first-order valence-corrected chi connectivity index (χ1v) is 8.36. The third-order valence-electron chi connectivity index (χ3n) is 4.72. The van der Waals surface area contributed by atoms with E-state index >= 15 is 0 Å². The lowest BCUT2D eigenvalue weighted by Crippen LogP contribution is -2.47. The lowest BCUT2D eigenvalue weighted by Gasteiger charge is -2.27. The van der Waals surface area contributed by atoms with Gasteiger partial charge in [-0.1, -0.05) is 6.07 Å². The zero-order chi connectivity index (χ0) is 18.0. The van der Waals surface area contributed by atoms with Gasteiger partial charge in [0.05, 0.1) is 5.56 Å². The molecule has 1 unspecified atom stereocenters. The fourth-order valence-corrected chi connectivity index (χ4v) is 3.41. The lowest BCUT2D eigenvalue weighted by molar-refractivity contribution is -0.138. The van der Waals surface area contributed by atoms with Gasteiger partial charge in [0, 0.05) is 12.1 Å². The maximum absolute atomic E-state index is 13.5. The molecule has 2 amide bonds. The van der Waals surface area contributed by atoms with Crippen LogP contribution < -0.4 is 16.0 Å². The molecule has 2 aliphatic rings. The Hall–Kier alpha value is -2.09. The van der Waals surface area contributed by atoms with Crippen molar-refractivity contribution >= 4 is 17.5 Å². The molecule has 8 heteroatoms. The molecule has 3 rings (SSSR count). The zero-order valence-corrected chi connectivity index (χ0v) is 13.6. The number of halogens is 3.